The van der Waals surface area contributed by atoms with Crippen LogP contribution in [0.1, 0.15) is 166 Å². The first kappa shape index (κ1) is 65.6. The highest BCUT2D eigenvalue weighted by Gasteiger charge is 2.24. The fourth-order valence-corrected chi connectivity index (χ4v) is 16.0. The lowest BCUT2D eigenvalue weighted by molar-refractivity contribution is 0.911. The largest absolute Gasteiger partial charge is 0.0992 e. The monoisotopic (exact) mass is 1280 g/mol. The summed E-state index contributed by atoms with van der Waals surface area (Å²) in [5, 5.41) is 0. The molecule has 0 saturated heterocycles. The van der Waals surface area contributed by atoms with Gasteiger partial charge in [0.25, 0.3) is 0 Å². The topological polar surface area (TPSA) is 0 Å². The van der Waals surface area contributed by atoms with Gasteiger partial charge in [0.15, 0.2) is 0 Å². The standard InChI is InChI=1S/C14H10.2C13H14.C13H12.C13H10.3C11H10/c1-10-11-6-2-4-8-13(11)14-9-5-3-7-12(10)14;1-9-5-12-7-10-3-2-4-11(10)8-13(12)6-9;3*1-9-5-6-12-7-10-3-2-4-11(10)8-13(9)12;2*1-9-5-4-7-10-6-2-3-8-11(9)10;1-9-6-7-10-4-2-3-5-11(10)8-9/h2-9H,1H2;2*7-8H,1-6H2;5-8H,1-4H2;2,4-8H,1,3H2;2-4,6-8H,1,5H2;2-6,8H,1,7H2;2-7H,1,8H2. The summed E-state index contributed by atoms with van der Waals surface area (Å²) in [5.41, 5.74) is 46.7. The van der Waals surface area contributed by atoms with Crippen molar-refractivity contribution in [1.82, 2.24) is 0 Å². The molecule has 0 unspecified atom stereocenters. The minimum absolute atomic E-state index is 0.997. The van der Waals surface area contributed by atoms with E-state index in [1.54, 1.807) is 50.1 Å². The van der Waals surface area contributed by atoms with Crippen LogP contribution in [-0.2, 0) is 77.0 Å². The number of allylic oxidation sites excluding steroid dienone is 14. The molecular formula is C99H90. The molecule has 0 heteroatoms. The summed E-state index contributed by atoms with van der Waals surface area (Å²) in [7, 11) is 0. The van der Waals surface area contributed by atoms with E-state index in [1.165, 1.54) is 193 Å². The average Bonchev–Trinajstić information content (AvgIpc) is 1.66. The molecule has 12 aliphatic carbocycles. The Balaban J connectivity index is 0.0000000967. The van der Waals surface area contributed by atoms with Gasteiger partial charge < -0.3 is 0 Å². The van der Waals surface area contributed by atoms with E-state index < -0.39 is 0 Å². The summed E-state index contributed by atoms with van der Waals surface area (Å²) >= 11 is 0. The van der Waals surface area contributed by atoms with Crippen LogP contribution in [0.3, 0.4) is 0 Å². The van der Waals surface area contributed by atoms with Crippen LogP contribution in [0.5, 0.6) is 0 Å². The zero-order valence-electron chi connectivity index (χ0n) is 57.8. The zero-order valence-corrected chi connectivity index (χ0v) is 57.8. The molecule has 0 nitrogen and oxygen atoms in total. The van der Waals surface area contributed by atoms with Crippen LogP contribution in [0.4, 0.5) is 0 Å². The number of benzene rings is 9. The van der Waals surface area contributed by atoms with Crippen LogP contribution in [0.2, 0.25) is 0 Å². The lowest BCUT2D eigenvalue weighted by Crippen LogP contribution is -1.94. The third-order valence-corrected chi connectivity index (χ3v) is 21.3. The van der Waals surface area contributed by atoms with E-state index in [1.807, 2.05) is 0 Å². The van der Waals surface area contributed by atoms with Gasteiger partial charge in [-0.15, -0.1) is 0 Å². The number of fused-ring (bicyclic) bond motifs is 14. The smallest absolute Gasteiger partial charge is 0.00257 e. The molecule has 0 N–H and O–H groups in total. The third-order valence-electron chi connectivity index (χ3n) is 21.3. The number of hydrogen-bond donors (Lipinski definition) is 0. The molecule has 9 aromatic rings. The van der Waals surface area contributed by atoms with E-state index in [2.05, 4.69) is 295 Å². The Morgan fingerprint density at radius 2 is 0.667 bits per heavy atom. The Hall–Kier alpha value is -10.7. The highest BCUT2D eigenvalue weighted by Crippen LogP contribution is 2.43. The Morgan fingerprint density at radius 3 is 1.28 bits per heavy atom. The van der Waals surface area contributed by atoms with Gasteiger partial charge in [0, 0.05) is 0 Å². The highest BCUT2D eigenvalue weighted by molar-refractivity contribution is 6.00. The Morgan fingerprint density at radius 1 is 0.222 bits per heavy atom. The van der Waals surface area contributed by atoms with Crippen LogP contribution < -0.4 is 0 Å². The average molecular weight is 1280 g/mol. The van der Waals surface area contributed by atoms with Crippen LogP contribution in [-0.4, -0.2) is 0 Å². The van der Waals surface area contributed by atoms with Gasteiger partial charge in [0.05, 0.1) is 0 Å². The summed E-state index contributed by atoms with van der Waals surface area (Å²) in [6, 6.07) is 61.0. The number of rotatable bonds is 0. The predicted octanol–water partition coefficient (Wildman–Crippen LogP) is 24.9. The zero-order chi connectivity index (χ0) is 67.9. The summed E-state index contributed by atoms with van der Waals surface area (Å²) in [6.07, 6.45) is 46.3. The van der Waals surface area contributed by atoms with Gasteiger partial charge in [-0.1, -0.05) is 300 Å². The summed E-state index contributed by atoms with van der Waals surface area (Å²) in [4.78, 5) is 0. The van der Waals surface area contributed by atoms with Crippen molar-refractivity contribution in [2.75, 3.05) is 0 Å². The van der Waals surface area contributed by atoms with E-state index in [0.29, 0.717) is 0 Å². The maximum atomic E-state index is 4.14. The molecule has 0 fully saturated rings. The lowest BCUT2D eigenvalue weighted by atomic mass is 9.94. The van der Waals surface area contributed by atoms with Crippen molar-refractivity contribution < 1.29 is 0 Å². The molecule has 0 spiro atoms. The minimum Gasteiger partial charge on any atom is -0.0992 e. The summed E-state index contributed by atoms with van der Waals surface area (Å²) < 4.78 is 0. The van der Waals surface area contributed by atoms with Crippen LogP contribution >= 0.6 is 0 Å². The SMILES string of the molecule is C=C1C=CCc2ccccc21.C=C1C=Cc2cc3c(cc21)C=CC3.C=C1C=Cc2cc3c(cc21)CCC3.C=C1C=Cc2ccccc2C1.C=C1CC=Cc2ccccc21.C=C1CCc2cc3c(cc21)CCC3.C=C1Cc2cc3c(cc2C1)CCC3.C=C1c2ccccc2-c2ccccc21. The highest BCUT2D eigenvalue weighted by atomic mass is 14.3. The van der Waals surface area contributed by atoms with Gasteiger partial charge >= 0.3 is 0 Å². The van der Waals surface area contributed by atoms with Crippen LogP contribution in [0.15, 0.2) is 276 Å². The molecule has 0 bridgehead atoms. The van der Waals surface area contributed by atoms with Crippen LogP contribution in [0, 0.1) is 0 Å². The van der Waals surface area contributed by atoms with Crippen molar-refractivity contribution in [2.24, 2.45) is 0 Å². The van der Waals surface area contributed by atoms with Gasteiger partial charge in [0.1, 0.15) is 0 Å². The normalized spacial score (nSPS) is 16.1. The summed E-state index contributed by atoms with van der Waals surface area (Å²) in [5.74, 6) is 0. The van der Waals surface area contributed by atoms with E-state index in [0.717, 1.165) is 55.2 Å². The maximum Gasteiger partial charge on any atom is -0.00257 e. The van der Waals surface area contributed by atoms with Gasteiger partial charge in [-0.3, -0.25) is 0 Å². The first-order chi connectivity index (χ1) is 48.3. The molecule has 486 valence electrons. The molecule has 0 radical (unpaired) electrons. The van der Waals surface area contributed by atoms with E-state index in [-0.39, 0.29) is 0 Å². The fraction of sp³-hybridized carbons (Fsp3) is 0.172. The molecule has 0 aromatic heterocycles. The Labute approximate surface area is 590 Å². The second-order valence-electron chi connectivity index (χ2n) is 28.1. The summed E-state index contributed by atoms with van der Waals surface area (Å²) in [6.45, 7) is 32.3. The first-order valence-corrected chi connectivity index (χ1v) is 35.9. The molecule has 9 aromatic carbocycles. The molecule has 0 aliphatic heterocycles. The van der Waals surface area contributed by atoms with Crippen molar-refractivity contribution in [2.45, 2.75) is 109 Å². The predicted molar refractivity (Wildman–Crippen MR) is 430 cm³/mol. The molecule has 12 aliphatic rings. The van der Waals surface area contributed by atoms with Gasteiger partial charge in [-0.25, -0.2) is 0 Å². The van der Waals surface area contributed by atoms with E-state index in [9.17, 15) is 0 Å². The molecule has 0 saturated carbocycles. The van der Waals surface area contributed by atoms with Gasteiger partial charge in [-0.05, 0) is 293 Å². The minimum atomic E-state index is 0.997. The third kappa shape index (κ3) is 14.7. The van der Waals surface area contributed by atoms with Crippen molar-refractivity contribution in [1.29, 1.82) is 0 Å². The Kier molecular flexibility index (Phi) is 19.6. The maximum absolute atomic E-state index is 4.14. The second kappa shape index (κ2) is 29.6. The van der Waals surface area contributed by atoms with Gasteiger partial charge in [0.2, 0.25) is 0 Å². The first-order valence-electron chi connectivity index (χ1n) is 35.9. The molecule has 99 heavy (non-hydrogen) atoms. The molecule has 21 rings (SSSR count). The lowest BCUT2D eigenvalue weighted by Gasteiger charge is -2.11. The molecule has 0 heterocycles. The fourth-order valence-electron chi connectivity index (χ4n) is 16.0. The molecule has 0 atom stereocenters. The molecular weight excluding hydrogens is 1190 g/mol. The molecule has 0 amide bonds. The van der Waals surface area contributed by atoms with Crippen molar-refractivity contribution in [3.63, 3.8) is 0 Å². The number of hydrogen-bond acceptors (Lipinski definition) is 0. The quantitative estimate of drug-likeness (QED) is 0.133. The van der Waals surface area contributed by atoms with Crippen LogP contribution in [0.25, 0.3) is 74.9 Å². The van der Waals surface area contributed by atoms with E-state index >= 15 is 0 Å². The Bertz CT molecular complexity index is 4900. The number of aryl methyl sites for hydroxylation is 7. The second-order valence-corrected chi connectivity index (χ2v) is 28.1. The van der Waals surface area contributed by atoms with Crippen molar-refractivity contribution in [3.05, 3.63) is 410 Å². The van der Waals surface area contributed by atoms with Crippen molar-refractivity contribution >= 4 is 63.8 Å². The van der Waals surface area contributed by atoms with Gasteiger partial charge in [-0.2, -0.15) is 0 Å². The van der Waals surface area contributed by atoms with E-state index in [4.69, 9.17) is 0 Å². The van der Waals surface area contributed by atoms with Crippen molar-refractivity contribution in [3.8, 4) is 11.1 Å².